The number of anilines is 1. The molecule has 0 radical (unpaired) electrons. The van der Waals surface area contributed by atoms with E-state index in [0.29, 0.717) is 0 Å². The van der Waals surface area contributed by atoms with Crippen molar-refractivity contribution in [3.8, 4) is 5.75 Å². The summed E-state index contributed by atoms with van der Waals surface area (Å²) in [5.41, 5.74) is 7.19. The predicted octanol–water partition coefficient (Wildman–Crippen LogP) is 1.48. The van der Waals surface area contributed by atoms with Crippen LogP contribution >= 0.6 is 0 Å². The van der Waals surface area contributed by atoms with E-state index in [2.05, 4.69) is 10.9 Å². The van der Waals surface area contributed by atoms with Gasteiger partial charge in [-0.15, -0.1) is 0 Å². The van der Waals surface area contributed by atoms with Crippen LogP contribution in [-0.4, -0.2) is 12.2 Å². The predicted molar refractivity (Wildman–Crippen MR) is 50.4 cm³/mol. The maximum atomic E-state index is 9.44. The zero-order chi connectivity index (χ0) is 9.26. The van der Waals surface area contributed by atoms with Crippen molar-refractivity contribution in [2.45, 2.75) is 0 Å². The van der Waals surface area contributed by atoms with Crippen molar-refractivity contribution >= 4 is 11.4 Å². The highest BCUT2D eigenvalue weighted by Crippen LogP contribution is 2.27. The number of hydrogen-bond donors (Lipinski definition) is 3. The molecule has 0 fully saturated rings. The minimum Gasteiger partial charge on any atom is -0.506 e. The third-order valence-corrected chi connectivity index (χ3v) is 1.92. The van der Waals surface area contributed by atoms with Gasteiger partial charge in [0.2, 0.25) is 0 Å². The van der Waals surface area contributed by atoms with Gasteiger partial charge in [-0.1, -0.05) is 0 Å². The summed E-state index contributed by atoms with van der Waals surface area (Å²) >= 11 is 0. The first-order chi connectivity index (χ1) is 6.31. The van der Waals surface area contributed by atoms with E-state index in [0.717, 1.165) is 17.0 Å². The first-order valence-electron chi connectivity index (χ1n) is 3.90. The molecule has 13 heavy (non-hydrogen) atoms. The normalized spacial score (nSPS) is 13.5. The average molecular weight is 178 g/mol. The molecule has 0 amide bonds. The van der Waals surface area contributed by atoms with Crippen LogP contribution in [0.4, 0.5) is 5.69 Å². The lowest BCUT2D eigenvalue weighted by Gasteiger charge is -2.17. The highest BCUT2D eigenvalue weighted by molar-refractivity contribution is 5.75. The van der Waals surface area contributed by atoms with Gasteiger partial charge in [-0.2, -0.15) is 0 Å². The van der Waals surface area contributed by atoms with E-state index in [1.807, 2.05) is 6.07 Å². The van der Waals surface area contributed by atoms with E-state index in [9.17, 15) is 5.11 Å². The average Bonchev–Trinajstić information content (AvgIpc) is 2.18. The Kier molecular flexibility index (Phi) is 1.73. The lowest BCUT2D eigenvalue weighted by molar-refractivity contribution is 0.414. The van der Waals surface area contributed by atoms with Crippen LogP contribution in [0, 0.1) is 0 Å². The molecule has 0 spiro atoms. The first kappa shape index (κ1) is 7.79. The molecule has 4 nitrogen and oxygen atoms in total. The van der Waals surface area contributed by atoms with Crippen molar-refractivity contribution in [1.82, 2.24) is 5.43 Å². The molecule has 0 aromatic heterocycles. The molecule has 0 unspecified atom stereocenters. The van der Waals surface area contributed by atoms with Gasteiger partial charge in [-0.3, -0.25) is 0 Å². The minimum absolute atomic E-state index is 0.219. The lowest BCUT2D eigenvalue weighted by atomic mass is 10.1. The van der Waals surface area contributed by atoms with Gasteiger partial charge in [0.15, 0.2) is 0 Å². The van der Waals surface area contributed by atoms with Gasteiger partial charge in [0, 0.05) is 11.6 Å². The number of methoxy groups -OCH3 is 1. The summed E-state index contributed by atoms with van der Waals surface area (Å²) in [5.74, 6) is 0.971. The number of hydrazine groups is 1. The van der Waals surface area contributed by atoms with Crippen molar-refractivity contribution in [1.29, 1.82) is 0 Å². The van der Waals surface area contributed by atoms with E-state index in [1.54, 1.807) is 19.2 Å². The van der Waals surface area contributed by atoms with Gasteiger partial charge in [0.25, 0.3) is 0 Å². The second-order valence-corrected chi connectivity index (χ2v) is 2.71. The molecule has 68 valence electrons. The molecule has 1 heterocycles. The van der Waals surface area contributed by atoms with Gasteiger partial charge in [0.05, 0.1) is 19.0 Å². The molecule has 4 heteroatoms. The Morgan fingerprint density at radius 1 is 1.38 bits per heavy atom. The fourth-order valence-corrected chi connectivity index (χ4v) is 1.24. The smallest absolute Gasteiger partial charge is 0.142 e. The number of nitrogens with one attached hydrogen (secondary N) is 2. The second-order valence-electron chi connectivity index (χ2n) is 2.71. The third-order valence-electron chi connectivity index (χ3n) is 1.92. The third kappa shape index (κ3) is 1.26. The van der Waals surface area contributed by atoms with Crippen LogP contribution in [0.5, 0.6) is 5.75 Å². The minimum atomic E-state index is 0.219. The van der Waals surface area contributed by atoms with Crippen LogP contribution in [0.3, 0.4) is 0 Å². The van der Waals surface area contributed by atoms with Crippen LogP contribution in [0.25, 0.3) is 5.76 Å². The van der Waals surface area contributed by atoms with Crippen molar-refractivity contribution in [3.05, 3.63) is 30.0 Å². The second kappa shape index (κ2) is 2.90. The Bertz CT molecular complexity index is 361. The molecular weight excluding hydrogens is 168 g/mol. The van der Waals surface area contributed by atoms with Gasteiger partial charge >= 0.3 is 0 Å². The number of fused-ring (bicyclic) bond motifs is 1. The van der Waals surface area contributed by atoms with Crippen LogP contribution in [0.2, 0.25) is 0 Å². The lowest BCUT2D eigenvalue weighted by Crippen LogP contribution is -2.20. The van der Waals surface area contributed by atoms with Crippen LogP contribution in [0.1, 0.15) is 5.56 Å². The van der Waals surface area contributed by atoms with Crippen molar-refractivity contribution in [2.24, 2.45) is 0 Å². The topological polar surface area (TPSA) is 53.5 Å². The molecule has 1 aliphatic rings. The summed E-state index contributed by atoms with van der Waals surface area (Å²) in [6.07, 6.45) is 1.49. The number of hydrogen-bond acceptors (Lipinski definition) is 4. The Morgan fingerprint density at radius 2 is 2.23 bits per heavy atom. The molecule has 0 saturated heterocycles. The number of ether oxygens (including phenoxy) is 1. The zero-order valence-corrected chi connectivity index (χ0v) is 7.16. The fraction of sp³-hybridized carbons (Fsp3) is 0.111. The largest absolute Gasteiger partial charge is 0.506 e. The molecule has 0 aliphatic carbocycles. The van der Waals surface area contributed by atoms with Gasteiger partial charge in [-0.25, -0.2) is 0 Å². The van der Waals surface area contributed by atoms with E-state index < -0.39 is 0 Å². The van der Waals surface area contributed by atoms with Crippen LogP contribution in [-0.2, 0) is 0 Å². The van der Waals surface area contributed by atoms with E-state index in [4.69, 9.17) is 4.74 Å². The summed E-state index contributed by atoms with van der Waals surface area (Å²) in [4.78, 5) is 0. The first-order valence-corrected chi connectivity index (χ1v) is 3.90. The molecule has 1 aromatic carbocycles. The maximum Gasteiger partial charge on any atom is 0.142 e. The summed E-state index contributed by atoms with van der Waals surface area (Å²) in [6.45, 7) is 0. The standard InChI is InChI=1S/C9H10N2O2/c1-13-6-2-3-7-8(4-6)11-10-5-9(7)12/h2-5,10-12H,1H3. The monoisotopic (exact) mass is 178 g/mol. The van der Waals surface area contributed by atoms with Crippen molar-refractivity contribution < 1.29 is 9.84 Å². The van der Waals surface area contributed by atoms with Crippen molar-refractivity contribution in [2.75, 3.05) is 12.5 Å². The molecule has 0 saturated carbocycles. The quantitative estimate of drug-likeness (QED) is 0.609. The number of aliphatic hydroxyl groups is 1. The highest BCUT2D eigenvalue weighted by atomic mass is 16.5. The van der Waals surface area contributed by atoms with Crippen molar-refractivity contribution in [3.63, 3.8) is 0 Å². The van der Waals surface area contributed by atoms with Crippen LogP contribution < -0.4 is 15.6 Å². The van der Waals surface area contributed by atoms with E-state index in [1.165, 1.54) is 6.20 Å². The highest BCUT2D eigenvalue weighted by Gasteiger charge is 2.11. The van der Waals surface area contributed by atoms with E-state index in [-0.39, 0.29) is 5.76 Å². The summed E-state index contributed by atoms with van der Waals surface area (Å²) in [6, 6.07) is 5.41. The number of benzene rings is 1. The molecule has 1 aliphatic heterocycles. The van der Waals surface area contributed by atoms with Gasteiger partial charge in [0.1, 0.15) is 11.5 Å². The van der Waals surface area contributed by atoms with Crippen LogP contribution in [0.15, 0.2) is 24.4 Å². The summed E-state index contributed by atoms with van der Waals surface area (Å²) in [5, 5.41) is 9.44. The molecule has 1 aromatic rings. The zero-order valence-electron chi connectivity index (χ0n) is 7.16. The van der Waals surface area contributed by atoms with E-state index >= 15 is 0 Å². The van der Waals surface area contributed by atoms with Gasteiger partial charge < -0.3 is 20.7 Å². The Balaban J connectivity index is 2.48. The molecular formula is C9H10N2O2. The van der Waals surface area contributed by atoms with Gasteiger partial charge in [-0.05, 0) is 12.1 Å². The molecule has 3 N–H and O–H groups in total. The number of aliphatic hydroxyl groups excluding tert-OH is 1. The molecule has 0 bridgehead atoms. The Hall–Kier alpha value is -1.84. The molecule has 2 rings (SSSR count). The Morgan fingerprint density at radius 3 is 3.00 bits per heavy atom. The SMILES string of the molecule is COc1ccc2c(c1)NNC=C2O. The fourth-order valence-electron chi connectivity index (χ4n) is 1.24. The maximum absolute atomic E-state index is 9.44. The summed E-state index contributed by atoms with van der Waals surface area (Å²) < 4.78 is 5.05. The number of rotatable bonds is 1. The molecule has 0 atom stereocenters. The summed E-state index contributed by atoms with van der Waals surface area (Å²) in [7, 11) is 1.60. The Labute approximate surface area is 75.8 Å².